The summed E-state index contributed by atoms with van der Waals surface area (Å²) in [6.45, 7) is 4.11. The fraction of sp³-hybridized carbons (Fsp3) is 0.866. The number of aliphatic hydroxyl groups excluding tert-OH is 10. The van der Waals surface area contributed by atoms with Crippen LogP contribution in [0.2, 0.25) is 0 Å². The monoisotopic (exact) mass is 1820 g/mol. The molecule has 0 bridgehead atoms. The number of hydrogen-bond donors (Lipinski definition) is 19. The van der Waals surface area contributed by atoms with E-state index in [9.17, 15) is 108 Å². The van der Waals surface area contributed by atoms with Gasteiger partial charge in [0.15, 0.2) is 18.9 Å². The van der Waals surface area contributed by atoms with E-state index < -0.39 is 149 Å². The molecule has 125 heavy (non-hydrogen) atoms. The third-order valence-corrected chi connectivity index (χ3v) is 23.1. The van der Waals surface area contributed by atoms with Crippen molar-refractivity contribution in [2.75, 3.05) is 139 Å². The van der Waals surface area contributed by atoms with Crippen molar-refractivity contribution in [2.45, 2.75) is 299 Å². The number of carbonyl (C=O) groups is 11. The number of ether oxygens (including phenoxy) is 9. The molecule has 9 amide bonds. The van der Waals surface area contributed by atoms with Crippen LogP contribution in [0.15, 0.2) is 0 Å². The number of carbonyl (C=O) groups excluding carboxylic acids is 11. The summed E-state index contributed by atoms with van der Waals surface area (Å²) in [6.07, 6.45) is -5.13. The van der Waals surface area contributed by atoms with Gasteiger partial charge in [-0.15, -0.1) is 0 Å². The molecule has 0 spiro atoms. The Bertz CT molecular complexity index is 2970. The topological polar surface area (TPSA) is 617 Å². The van der Waals surface area contributed by atoms with Gasteiger partial charge in [0.1, 0.15) is 84.6 Å². The molecule has 0 aromatic heterocycles. The highest BCUT2D eigenvalue weighted by Crippen LogP contribution is 2.45. The zero-order valence-electron chi connectivity index (χ0n) is 73.4. The zero-order valence-corrected chi connectivity index (χ0v) is 74.3. The Labute approximate surface area is 732 Å². The normalized spacial score (nSPS) is 25.8. The van der Waals surface area contributed by atoms with E-state index in [-0.39, 0.29) is 216 Å². The summed E-state index contributed by atoms with van der Waals surface area (Å²) in [5, 5.41) is 126. The average molecular weight is 1820 g/mol. The lowest BCUT2D eigenvalue weighted by Crippen LogP contribution is -2.64. The van der Waals surface area contributed by atoms with Crippen molar-refractivity contribution < 1.29 is 160 Å². The highest BCUT2D eigenvalue weighted by Gasteiger charge is 2.49. The molecule has 42 nitrogen and oxygen atoms in total. The van der Waals surface area contributed by atoms with E-state index >= 15 is 0 Å². The molecular formula is C82H146N9O33P. The summed E-state index contributed by atoms with van der Waals surface area (Å²) in [7, 11) is -1.95. The quantitative estimate of drug-likeness (QED) is 0.0226. The van der Waals surface area contributed by atoms with Crippen LogP contribution >= 0.6 is 7.60 Å². The summed E-state index contributed by atoms with van der Waals surface area (Å²) in [4.78, 5) is 140. The maximum Gasteiger partial charge on any atom is 0.327 e. The van der Waals surface area contributed by atoms with Gasteiger partial charge in [0.25, 0.3) is 0 Å². The zero-order chi connectivity index (χ0) is 92.1. The molecule has 3 heterocycles. The van der Waals surface area contributed by atoms with Crippen molar-refractivity contribution in [1.82, 2.24) is 47.9 Å². The van der Waals surface area contributed by atoms with Crippen LogP contribution in [0.1, 0.15) is 201 Å². The second-order valence-corrected chi connectivity index (χ2v) is 34.8. The standard InChI is InChI=1S/C82H146N9O33P/c1-53(95)89-70-76(110)73(107)61(46-92)122-79(70)118-37-17-14-25-64(101)83-31-20-34-86-67(104)28-40-115-50-82(45-57(98)23-12-10-8-6-7-9-11-13-24-60(100)59-44-58(99)43-56(59)49-121-125(5,113)114-4,51-116-41-29-68(105)87-35-21-32-84-65(102)26-15-18-38-119-80-71(90-54(2)96)77(111)74(108)62(47-93)123-80)52-117-42-30-69(106)88-36-22-33-85-66(103)27-16-19-39-120-81-72(91-55(3)97)78(112)75(109)63(48-94)124-81/h56,58-59,61-63,70-81,92-94,99,107-112H,6-52H2,1-5H3,(H,83,101)(H,84,102)(H,85,103)(H,86,104)(H,87,105)(H,88,106)(H,89,95)(H,90,96)(H,91,97)/t56?,58-,59?,61?,62?,63?,70?,71?,72?,73?,74?,75?,76?,77?,78?,79?,80?,81?,82?,125?/m1/s1. The van der Waals surface area contributed by atoms with Gasteiger partial charge < -0.3 is 151 Å². The Kier molecular flexibility index (Phi) is 56.1. The Morgan fingerprint density at radius 1 is 0.384 bits per heavy atom. The Balaban J connectivity index is 1.31. The van der Waals surface area contributed by atoms with Crippen LogP contribution in [0.5, 0.6) is 0 Å². The molecule has 1 aliphatic carbocycles. The van der Waals surface area contributed by atoms with Gasteiger partial charge in [-0.25, -0.2) is 0 Å². The molecule has 3 aliphatic heterocycles. The Morgan fingerprint density at radius 2 is 0.688 bits per heavy atom. The summed E-state index contributed by atoms with van der Waals surface area (Å²) in [6, 6.07) is -3.30. The van der Waals surface area contributed by atoms with Gasteiger partial charge in [0.2, 0.25) is 53.2 Å². The van der Waals surface area contributed by atoms with Crippen LogP contribution in [0, 0.1) is 17.3 Å². The predicted octanol–water partition coefficient (Wildman–Crippen LogP) is -2.25. The predicted molar refractivity (Wildman–Crippen MR) is 446 cm³/mol. The third kappa shape index (κ3) is 45.4. The fourth-order valence-electron chi connectivity index (χ4n) is 14.7. The van der Waals surface area contributed by atoms with Gasteiger partial charge in [-0.1, -0.05) is 38.5 Å². The molecule has 722 valence electrons. The van der Waals surface area contributed by atoms with E-state index in [1.54, 1.807) is 0 Å². The van der Waals surface area contributed by atoms with Crippen molar-refractivity contribution in [3.8, 4) is 0 Å². The molecule has 18 unspecified atom stereocenters. The number of unbranched alkanes of at least 4 members (excludes halogenated alkanes) is 10. The maximum atomic E-state index is 14.2. The summed E-state index contributed by atoms with van der Waals surface area (Å²) in [5.74, 6) is -4.04. The number of Topliss-reactive ketones (excluding diaryl/α,β-unsaturated/α-hetero) is 2. The summed E-state index contributed by atoms with van der Waals surface area (Å²) >= 11 is 0. The van der Waals surface area contributed by atoms with E-state index in [0.717, 1.165) is 38.5 Å². The van der Waals surface area contributed by atoms with Crippen molar-refractivity contribution in [1.29, 1.82) is 0 Å². The van der Waals surface area contributed by atoms with Gasteiger partial charge in [-0.05, 0) is 89.4 Å². The summed E-state index contributed by atoms with van der Waals surface area (Å²) in [5.41, 5.74) is -1.20. The SMILES string of the molecule is COP(C)(=O)OCC1C[C@@H](O)CC1C(=O)CCCCCCCCCCC(=O)CC(COCCC(=O)NCCCNC(=O)CCCCOC1OC(CO)C(O)C(O)C1NC(C)=O)(COCCC(=O)NCCCNC(=O)CCCCOC1OC(CO)C(O)C(O)C1NC(C)=O)COCCC(=O)NCCCNC(=O)CCCCOC1OC(CO)C(O)C(O)C1NC(C)=O. The molecule has 1 saturated carbocycles. The van der Waals surface area contributed by atoms with E-state index in [1.165, 1.54) is 34.5 Å². The van der Waals surface area contributed by atoms with E-state index in [4.69, 9.17) is 51.7 Å². The first-order chi connectivity index (χ1) is 59.8. The molecule has 0 aromatic carbocycles. The molecular weight excluding hydrogens is 1670 g/mol. The minimum absolute atomic E-state index is 0.0580. The molecule has 4 rings (SSSR count). The first-order valence-electron chi connectivity index (χ1n) is 44.1. The second-order valence-electron chi connectivity index (χ2n) is 32.6. The molecule has 19 atom stereocenters. The second kappa shape index (κ2) is 63.1. The number of rotatable bonds is 69. The first-order valence-corrected chi connectivity index (χ1v) is 46.1. The van der Waals surface area contributed by atoms with E-state index in [0.29, 0.717) is 89.9 Å². The number of ketones is 2. The summed E-state index contributed by atoms with van der Waals surface area (Å²) < 4.78 is 75.2. The van der Waals surface area contributed by atoms with Gasteiger partial charge in [0.05, 0.1) is 72.2 Å². The van der Waals surface area contributed by atoms with Crippen molar-refractivity contribution >= 4 is 72.3 Å². The smallest absolute Gasteiger partial charge is 0.327 e. The lowest BCUT2D eigenvalue weighted by molar-refractivity contribution is -0.270. The molecule has 0 aromatic rings. The molecule has 3 saturated heterocycles. The van der Waals surface area contributed by atoms with Crippen molar-refractivity contribution in [3.05, 3.63) is 0 Å². The van der Waals surface area contributed by atoms with Gasteiger partial charge >= 0.3 is 7.60 Å². The molecule has 19 N–H and O–H groups in total. The minimum Gasteiger partial charge on any atom is -0.394 e. The van der Waals surface area contributed by atoms with Crippen LogP contribution < -0.4 is 47.9 Å². The minimum atomic E-state index is -3.25. The average Bonchev–Trinajstić information content (AvgIpc) is 1.57. The van der Waals surface area contributed by atoms with Crippen molar-refractivity contribution in [2.24, 2.45) is 17.3 Å². The third-order valence-electron chi connectivity index (χ3n) is 21.8. The van der Waals surface area contributed by atoms with Crippen molar-refractivity contribution in [3.63, 3.8) is 0 Å². The highest BCUT2D eigenvalue weighted by molar-refractivity contribution is 7.52. The number of amides is 9. The lowest BCUT2D eigenvalue weighted by Gasteiger charge is -2.42. The van der Waals surface area contributed by atoms with E-state index in [1.807, 2.05) is 0 Å². The first kappa shape index (κ1) is 111. The largest absolute Gasteiger partial charge is 0.394 e. The van der Waals surface area contributed by atoms with E-state index in [2.05, 4.69) is 47.9 Å². The lowest BCUT2D eigenvalue weighted by atomic mass is 9.84. The maximum absolute atomic E-state index is 14.2. The number of aliphatic hydroxyl groups is 10. The Hall–Kier alpha value is -6.04. The number of nitrogens with one attached hydrogen (secondary N) is 9. The van der Waals surface area contributed by atoms with Gasteiger partial charge in [-0.2, -0.15) is 0 Å². The molecule has 0 radical (unpaired) electrons. The van der Waals surface area contributed by atoms with Crippen LogP contribution in [-0.2, 0) is 109 Å². The van der Waals surface area contributed by atoms with Gasteiger partial charge in [0, 0.05) is 163 Å². The van der Waals surface area contributed by atoms with Crippen LogP contribution in [0.25, 0.3) is 0 Å². The van der Waals surface area contributed by atoms with Crippen LogP contribution in [0.3, 0.4) is 0 Å². The molecule has 4 fully saturated rings. The Morgan fingerprint density at radius 3 is 1.00 bits per heavy atom. The molecule has 43 heteroatoms. The highest BCUT2D eigenvalue weighted by atomic mass is 31.2. The number of hydrogen-bond acceptors (Lipinski definition) is 33. The fourth-order valence-corrected chi connectivity index (χ4v) is 15.3. The van der Waals surface area contributed by atoms with Crippen LogP contribution in [0.4, 0.5) is 0 Å². The van der Waals surface area contributed by atoms with Crippen LogP contribution in [-0.4, -0.2) is 353 Å². The molecule has 4 aliphatic rings. The van der Waals surface area contributed by atoms with Gasteiger partial charge in [-0.3, -0.25) is 57.3 Å².